The van der Waals surface area contributed by atoms with Crippen LogP contribution in [0, 0.1) is 17.8 Å². The number of methoxy groups -OCH3 is 1. The summed E-state index contributed by atoms with van der Waals surface area (Å²) in [5.41, 5.74) is -0.697. The number of likely N-dealkylation sites (tertiary alicyclic amines) is 1. The van der Waals surface area contributed by atoms with Crippen LogP contribution in [0.1, 0.15) is 66.7 Å². The van der Waals surface area contributed by atoms with Crippen LogP contribution in [-0.2, 0) is 19.1 Å². The maximum Gasteiger partial charge on any atom is 0.326 e. The number of amides is 1. The molecule has 3 rings (SSSR count). The molecular weight excluding hydrogens is 524 g/mol. The molecule has 1 saturated heterocycles. The highest BCUT2D eigenvalue weighted by molar-refractivity contribution is 5.92. The quantitative estimate of drug-likeness (QED) is 0.243. The van der Waals surface area contributed by atoms with Gasteiger partial charge in [0.05, 0.1) is 32.2 Å². The summed E-state index contributed by atoms with van der Waals surface area (Å²) in [5, 5.41) is 11.6. The maximum atomic E-state index is 14.0. The number of benzene rings is 1. The second kappa shape index (κ2) is 13.8. The van der Waals surface area contributed by atoms with Crippen molar-refractivity contribution in [1.29, 1.82) is 0 Å². The normalized spacial score (nSPS) is 19.3. The Bertz CT molecular complexity index is 1240. The molecule has 0 radical (unpaired) electrons. The minimum absolute atomic E-state index is 0.0723. The van der Waals surface area contributed by atoms with Gasteiger partial charge in [-0.1, -0.05) is 44.5 Å². The van der Waals surface area contributed by atoms with E-state index in [0.717, 1.165) is 23.6 Å². The first-order valence-electron chi connectivity index (χ1n) is 14.3. The van der Waals surface area contributed by atoms with Crippen molar-refractivity contribution in [1.82, 2.24) is 9.88 Å². The molecular formula is C32H44N2O7. The molecule has 1 aromatic carbocycles. The van der Waals surface area contributed by atoms with Gasteiger partial charge in [-0.15, -0.1) is 6.58 Å². The topological polar surface area (TPSA) is 115 Å². The smallest absolute Gasteiger partial charge is 0.326 e. The van der Waals surface area contributed by atoms with Crippen molar-refractivity contribution in [2.75, 3.05) is 13.7 Å². The molecule has 41 heavy (non-hydrogen) atoms. The number of ether oxygens (including phenoxy) is 3. The molecule has 9 nitrogen and oxygen atoms in total. The molecule has 224 valence electrons. The van der Waals surface area contributed by atoms with Gasteiger partial charge in [-0.05, 0) is 51.5 Å². The number of esters is 1. The summed E-state index contributed by atoms with van der Waals surface area (Å²) < 4.78 is 17.2. The van der Waals surface area contributed by atoms with Crippen LogP contribution in [0.15, 0.2) is 43.1 Å². The number of carbonyl (C=O) groups is 3. The van der Waals surface area contributed by atoms with Crippen molar-refractivity contribution < 1.29 is 33.7 Å². The lowest BCUT2D eigenvalue weighted by molar-refractivity contribution is -0.160. The zero-order valence-corrected chi connectivity index (χ0v) is 25.1. The summed E-state index contributed by atoms with van der Waals surface area (Å²) in [5.74, 6) is -1.54. The second-order valence-corrected chi connectivity index (χ2v) is 12.0. The van der Waals surface area contributed by atoms with E-state index in [9.17, 15) is 19.5 Å². The number of pyridine rings is 1. The molecule has 1 aliphatic rings. The van der Waals surface area contributed by atoms with Crippen LogP contribution in [0.2, 0.25) is 0 Å². The van der Waals surface area contributed by atoms with Crippen LogP contribution >= 0.6 is 0 Å². The Morgan fingerprint density at radius 3 is 2.46 bits per heavy atom. The SMILES string of the molecule is C=CC(C)CCC[C@@H](C)[C@H](CC(=O)OC(C)(C)C)C(=O)N1C[C@H](Oc2ncc(OC)c3ccccc23)CC1C(=O)O. The van der Waals surface area contributed by atoms with Gasteiger partial charge in [0.25, 0.3) is 0 Å². The van der Waals surface area contributed by atoms with Gasteiger partial charge < -0.3 is 24.2 Å². The Labute approximate surface area is 242 Å². The maximum absolute atomic E-state index is 14.0. The third kappa shape index (κ3) is 8.44. The Morgan fingerprint density at radius 2 is 1.85 bits per heavy atom. The van der Waals surface area contributed by atoms with E-state index in [2.05, 4.69) is 18.5 Å². The zero-order valence-electron chi connectivity index (χ0n) is 25.1. The first-order chi connectivity index (χ1) is 19.3. The van der Waals surface area contributed by atoms with Crippen molar-refractivity contribution in [3.63, 3.8) is 0 Å². The van der Waals surface area contributed by atoms with Gasteiger partial charge in [0.15, 0.2) is 0 Å². The molecule has 1 amide bonds. The molecule has 1 aromatic heterocycles. The Kier molecular flexibility index (Phi) is 10.8. The van der Waals surface area contributed by atoms with Crippen molar-refractivity contribution in [2.24, 2.45) is 17.8 Å². The molecule has 5 atom stereocenters. The monoisotopic (exact) mass is 568 g/mol. The molecule has 1 fully saturated rings. The van der Waals surface area contributed by atoms with E-state index < -0.39 is 35.6 Å². The fourth-order valence-corrected chi connectivity index (χ4v) is 5.30. The highest BCUT2D eigenvalue weighted by Gasteiger charge is 2.44. The molecule has 2 aromatic rings. The van der Waals surface area contributed by atoms with Crippen LogP contribution in [0.5, 0.6) is 11.6 Å². The van der Waals surface area contributed by atoms with Crippen molar-refractivity contribution >= 4 is 28.6 Å². The number of nitrogens with zero attached hydrogens (tertiary/aromatic N) is 2. The van der Waals surface area contributed by atoms with Crippen LogP contribution in [-0.4, -0.2) is 64.2 Å². The molecule has 2 unspecified atom stereocenters. The molecule has 0 spiro atoms. The van der Waals surface area contributed by atoms with Crippen molar-refractivity contribution in [3.8, 4) is 11.6 Å². The summed E-state index contributed by atoms with van der Waals surface area (Å²) in [7, 11) is 1.57. The van der Waals surface area contributed by atoms with E-state index in [0.29, 0.717) is 24.0 Å². The zero-order chi connectivity index (χ0) is 30.3. The second-order valence-electron chi connectivity index (χ2n) is 12.0. The first-order valence-corrected chi connectivity index (χ1v) is 14.3. The first kappa shape index (κ1) is 31.9. The Hall–Kier alpha value is -3.62. The Balaban J connectivity index is 1.83. The lowest BCUT2D eigenvalue weighted by Gasteiger charge is -2.30. The third-order valence-electron chi connectivity index (χ3n) is 7.58. The van der Waals surface area contributed by atoms with E-state index >= 15 is 0 Å². The molecule has 1 N–H and O–H groups in total. The average molecular weight is 569 g/mol. The standard InChI is InChI=1S/C32H44N2O7/c1-8-20(2)12-11-13-21(3)25(17-28(35)41-32(4,5)6)30(36)34-19-22(16-26(34)31(37)38)40-29-24-15-10-9-14-23(24)27(39-7)18-33-29/h8-10,14-15,18,20-22,25-26H,1,11-13,16-17,19H2,2-7H3,(H,37,38)/t20?,21-,22-,25+,26?/m1/s1. The van der Waals surface area contributed by atoms with Crippen molar-refractivity contribution in [3.05, 3.63) is 43.1 Å². The number of allylic oxidation sites excluding steroid dienone is 1. The molecule has 0 saturated carbocycles. The molecule has 0 aliphatic carbocycles. The molecule has 1 aliphatic heterocycles. The number of carbonyl (C=O) groups excluding carboxylic acids is 2. The number of aliphatic carboxylic acids is 1. The largest absolute Gasteiger partial charge is 0.494 e. The summed E-state index contributed by atoms with van der Waals surface area (Å²) in [6, 6.07) is 6.42. The van der Waals surface area contributed by atoms with E-state index in [4.69, 9.17) is 14.2 Å². The van der Waals surface area contributed by atoms with Gasteiger partial charge >= 0.3 is 11.9 Å². The van der Waals surface area contributed by atoms with Crippen LogP contribution < -0.4 is 9.47 Å². The average Bonchev–Trinajstić information content (AvgIpc) is 3.34. The van der Waals surface area contributed by atoms with Crippen LogP contribution in [0.3, 0.4) is 0 Å². The van der Waals surface area contributed by atoms with Crippen LogP contribution in [0.4, 0.5) is 0 Å². The van der Waals surface area contributed by atoms with Gasteiger partial charge in [-0.2, -0.15) is 0 Å². The number of hydrogen-bond donors (Lipinski definition) is 1. The van der Waals surface area contributed by atoms with E-state index in [1.165, 1.54) is 4.90 Å². The van der Waals surface area contributed by atoms with Crippen LogP contribution in [0.25, 0.3) is 10.8 Å². The molecule has 0 bridgehead atoms. The minimum Gasteiger partial charge on any atom is -0.494 e. The number of fused-ring (bicyclic) bond motifs is 1. The Morgan fingerprint density at radius 1 is 1.17 bits per heavy atom. The van der Waals surface area contributed by atoms with Gasteiger partial charge in [0.1, 0.15) is 23.5 Å². The highest BCUT2D eigenvalue weighted by Crippen LogP contribution is 2.34. The molecule has 9 heteroatoms. The van der Waals surface area contributed by atoms with Gasteiger partial charge in [0, 0.05) is 17.2 Å². The van der Waals surface area contributed by atoms with E-state index in [1.807, 2.05) is 37.3 Å². The fraction of sp³-hybridized carbons (Fsp3) is 0.562. The third-order valence-corrected chi connectivity index (χ3v) is 7.58. The van der Waals surface area contributed by atoms with E-state index in [-0.39, 0.29) is 31.2 Å². The number of carboxylic acids is 1. The number of aromatic nitrogens is 1. The fourth-order valence-electron chi connectivity index (χ4n) is 5.30. The number of hydrogen-bond acceptors (Lipinski definition) is 7. The summed E-state index contributed by atoms with van der Waals surface area (Å²) in [6.07, 6.45) is 5.35. The lowest BCUT2D eigenvalue weighted by atomic mass is 9.84. The summed E-state index contributed by atoms with van der Waals surface area (Å²) >= 11 is 0. The van der Waals surface area contributed by atoms with Gasteiger partial charge in [0.2, 0.25) is 11.8 Å². The summed E-state index contributed by atoms with van der Waals surface area (Å²) in [4.78, 5) is 44.9. The molecule has 2 heterocycles. The predicted octanol–water partition coefficient (Wildman–Crippen LogP) is 5.65. The van der Waals surface area contributed by atoms with E-state index in [1.54, 1.807) is 34.1 Å². The summed E-state index contributed by atoms with van der Waals surface area (Å²) in [6.45, 7) is 13.3. The highest BCUT2D eigenvalue weighted by atomic mass is 16.6. The van der Waals surface area contributed by atoms with Gasteiger partial charge in [-0.25, -0.2) is 9.78 Å². The predicted molar refractivity (Wildman–Crippen MR) is 157 cm³/mol. The number of carboxylic acid groups (broad SMARTS) is 1. The van der Waals surface area contributed by atoms with Gasteiger partial charge in [-0.3, -0.25) is 9.59 Å². The van der Waals surface area contributed by atoms with Crippen molar-refractivity contribution in [2.45, 2.75) is 84.5 Å². The minimum atomic E-state index is -1.11. The number of rotatable bonds is 13. The lowest BCUT2D eigenvalue weighted by Crippen LogP contribution is -2.46.